The summed E-state index contributed by atoms with van der Waals surface area (Å²) >= 11 is 0. The summed E-state index contributed by atoms with van der Waals surface area (Å²) in [4.78, 5) is 16.9. The third-order valence-electron chi connectivity index (χ3n) is 6.75. The molecule has 7 rings (SSSR count). The predicted octanol–water partition coefficient (Wildman–Crippen LogP) is 6.57. The first-order chi connectivity index (χ1) is 17.7. The number of allylic oxidation sites excluding steroid dienone is 1. The van der Waals surface area contributed by atoms with Crippen LogP contribution in [-0.4, -0.2) is 30.1 Å². The van der Waals surface area contributed by atoms with Gasteiger partial charge in [0.05, 0.1) is 35.0 Å². The third kappa shape index (κ3) is 3.62. The molecule has 1 aliphatic rings. The topological polar surface area (TPSA) is 95.2 Å². The minimum absolute atomic E-state index is 0.576. The molecule has 36 heavy (non-hydrogen) atoms. The second-order valence-corrected chi connectivity index (χ2v) is 9.27. The molecule has 1 fully saturated rings. The number of fused-ring (bicyclic) bond motifs is 2. The van der Waals surface area contributed by atoms with E-state index in [-0.39, 0.29) is 0 Å². The zero-order valence-electron chi connectivity index (χ0n) is 19.5. The number of hydrogen-bond acceptors (Lipinski definition) is 5. The molecule has 0 unspecified atom stereocenters. The van der Waals surface area contributed by atoms with E-state index in [1.807, 2.05) is 30.9 Å². The summed E-state index contributed by atoms with van der Waals surface area (Å²) in [6.45, 7) is 4.16. The van der Waals surface area contributed by atoms with Crippen molar-refractivity contribution in [2.45, 2.75) is 12.8 Å². The van der Waals surface area contributed by atoms with Gasteiger partial charge in [-0.05, 0) is 54.7 Å². The maximum Gasteiger partial charge on any atom is 0.116 e. The Morgan fingerprint density at radius 1 is 0.889 bits per heavy atom. The molecule has 6 aromatic rings. The summed E-state index contributed by atoms with van der Waals surface area (Å²) in [5.41, 5.74) is 9.70. The summed E-state index contributed by atoms with van der Waals surface area (Å²) < 4.78 is 0. The van der Waals surface area contributed by atoms with E-state index in [4.69, 9.17) is 0 Å². The molecule has 0 spiro atoms. The van der Waals surface area contributed by atoms with Crippen molar-refractivity contribution in [3.05, 3.63) is 91.8 Å². The van der Waals surface area contributed by atoms with Gasteiger partial charge in [0.2, 0.25) is 0 Å². The van der Waals surface area contributed by atoms with Crippen molar-refractivity contribution in [2.24, 2.45) is 5.92 Å². The Morgan fingerprint density at radius 2 is 1.81 bits per heavy atom. The quantitative estimate of drug-likeness (QED) is 0.257. The lowest BCUT2D eigenvalue weighted by Gasteiger charge is -2.09. The highest BCUT2D eigenvalue weighted by Crippen LogP contribution is 2.37. The number of H-pyrrole nitrogens is 2. The van der Waals surface area contributed by atoms with Crippen molar-refractivity contribution in [3.63, 3.8) is 0 Å². The molecule has 5 aromatic heterocycles. The van der Waals surface area contributed by atoms with Crippen LogP contribution in [0.15, 0.2) is 91.8 Å². The van der Waals surface area contributed by atoms with Gasteiger partial charge in [-0.25, -0.2) is 0 Å². The molecule has 0 radical (unpaired) electrons. The first-order valence-electron chi connectivity index (χ1n) is 12.0. The largest absolute Gasteiger partial charge is 0.358 e. The van der Waals surface area contributed by atoms with E-state index in [0.29, 0.717) is 5.92 Å². The molecule has 0 amide bonds. The molecule has 0 bridgehead atoms. The number of benzene rings is 1. The van der Waals surface area contributed by atoms with Gasteiger partial charge in [-0.3, -0.25) is 20.1 Å². The number of anilines is 1. The summed E-state index contributed by atoms with van der Waals surface area (Å²) in [5.74, 6) is 0.576. The lowest BCUT2D eigenvalue weighted by Crippen LogP contribution is -2.00. The van der Waals surface area contributed by atoms with Crippen LogP contribution >= 0.6 is 0 Å². The monoisotopic (exact) mass is 469 g/mol. The lowest BCUT2D eigenvalue weighted by molar-refractivity contribution is 1.02. The minimum atomic E-state index is 0.576. The van der Waals surface area contributed by atoms with E-state index in [0.717, 1.165) is 67.0 Å². The highest BCUT2D eigenvalue weighted by molar-refractivity contribution is 6.01. The highest BCUT2D eigenvalue weighted by atomic mass is 15.1. The molecule has 1 aliphatic carbocycles. The van der Waals surface area contributed by atoms with Crippen molar-refractivity contribution < 1.29 is 0 Å². The standard InChI is InChI=1S/C29H23N7/c1-17(18-7-8-18)33-21-10-20(14-31-15-21)26-12-24-28(16-32-26)35-36-29(24)27-11-23-22(5-2-6-25(23)34-27)19-4-3-9-30-13-19/h2-6,9-16,18,33-34H,1,7-8H2,(H,35,36). The van der Waals surface area contributed by atoms with Gasteiger partial charge in [-0.15, -0.1) is 0 Å². The number of nitrogens with one attached hydrogen (secondary N) is 3. The molecule has 0 atom stereocenters. The van der Waals surface area contributed by atoms with Gasteiger partial charge in [-0.1, -0.05) is 24.8 Å². The van der Waals surface area contributed by atoms with E-state index >= 15 is 0 Å². The van der Waals surface area contributed by atoms with Gasteiger partial charge in [0.15, 0.2) is 0 Å². The number of nitrogens with zero attached hydrogens (tertiary/aromatic N) is 4. The van der Waals surface area contributed by atoms with E-state index in [2.05, 4.69) is 84.5 Å². The zero-order valence-corrected chi connectivity index (χ0v) is 19.5. The first-order valence-corrected chi connectivity index (χ1v) is 12.0. The van der Waals surface area contributed by atoms with Crippen LogP contribution in [0.2, 0.25) is 0 Å². The molecule has 0 aliphatic heterocycles. The van der Waals surface area contributed by atoms with E-state index in [9.17, 15) is 0 Å². The highest BCUT2D eigenvalue weighted by Gasteiger charge is 2.24. The number of hydrogen-bond donors (Lipinski definition) is 3. The van der Waals surface area contributed by atoms with Crippen molar-refractivity contribution in [2.75, 3.05) is 5.32 Å². The molecule has 5 heterocycles. The van der Waals surface area contributed by atoms with Gasteiger partial charge in [-0.2, -0.15) is 5.10 Å². The Kier molecular flexibility index (Phi) is 4.67. The predicted molar refractivity (Wildman–Crippen MR) is 143 cm³/mol. The number of aromatic nitrogens is 6. The van der Waals surface area contributed by atoms with Crippen LogP contribution in [0.5, 0.6) is 0 Å². The molecule has 7 heteroatoms. The van der Waals surface area contributed by atoms with Crippen molar-refractivity contribution in [1.82, 2.24) is 30.1 Å². The van der Waals surface area contributed by atoms with Gasteiger partial charge >= 0.3 is 0 Å². The molecular weight excluding hydrogens is 446 g/mol. The zero-order chi connectivity index (χ0) is 24.1. The van der Waals surface area contributed by atoms with E-state index in [1.54, 1.807) is 6.20 Å². The molecule has 174 valence electrons. The van der Waals surface area contributed by atoms with Crippen LogP contribution in [0.4, 0.5) is 5.69 Å². The van der Waals surface area contributed by atoms with Crippen LogP contribution in [0.25, 0.3) is 55.6 Å². The molecule has 7 nitrogen and oxygen atoms in total. The Balaban J connectivity index is 1.28. The number of rotatable bonds is 6. The van der Waals surface area contributed by atoms with Gasteiger partial charge in [0.1, 0.15) is 5.69 Å². The Labute approximate surface area is 207 Å². The van der Waals surface area contributed by atoms with Crippen LogP contribution < -0.4 is 5.32 Å². The SMILES string of the molecule is C=C(Nc1cncc(-c2cc3c(-c4cc5c(-c6cccnc6)cccc5[nH]4)n[nH]c3cn2)c1)C1CC1. The normalized spacial score (nSPS) is 13.3. The summed E-state index contributed by atoms with van der Waals surface area (Å²) in [7, 11) is 0. The minimum Gasteiger partial charge on any atom is -0.358 e. The third-order valence-corrected chi connectivity index (χ3v) is 6.75. The summed E-state index contributed by atoms with van der Waals surface area (Å²) in [6.07, 6.45) is 11.6. The molecule has 1 aromatic carbocycles. The van der Waals surface area contributed by atoms with Gasteiger partial charge < -0.3 is 10.3 Å². The average molecular weight is 470 g/mol. The summed E-state index contributed by atoms with van der Waals surface area (Å²) in [5, 5.41) is 13.3. The number of aromatic amines is 2. The van der Waals surface area contributed by atoms with Crippen LogP contribution in [0.1, 0.15) is 12.8 Å². The maximum absolute atomic E-state index is 4.67. The molecule has 1 saturated carbocycles. The average Bonchev–Trinajstić information content (AvgIpc) is 3.55. The van der Waals surface area contributed by atoms with Gasteiger partial charge in [0.25, 0.3) is 0 Å². The Hall–Kier alpha value is -4.78. The lowest BCUT2D eigenvalue weighted by atomic mass is 10.0. The van der Waals surface area contributed by atoms with E-state index < -0.39 is 0 Å². The maximum atomic E-state index is 4.67. The van der Waals surface area contributed by atoms with Crippen molar-refractivity contribution >= 4 is 27.5 Å². The number of pyridine rings is 3. The van der Waals surface area contributed by atoms with Crippen LogP contribution in [0.3, 0.4) is 0 Å². The van der Waals surface area contributed by atoms with Gasteiger partial charge in [0, 0.05) is 51.7 Å². The first kappa shape index (κ1) is 20.6. The van der Waals surface area contributed by atoms with Crippen molar-refractivity contribution in [1.29, 1.82) is 0 Å². The van der Waals surface area contributed by atoms with Crippen molar-refractivity contribution in [3.8, 4) is 33.8 Å². The fourth-order valence-corrected chi connectivity index (χ4v) is 4.70. The van der Waals surface area contributed by atoms with E-state index in [1.165, 1.54) is 12.8 Å². The second kappa shape index (κ2) is 8.16. The Morgan fingerprint density at radius 3 is 2.67 bits per heavy atom. The summed E-state index contributed by atoms with van der Waals surface area (Å²) in [6, 6.07) is 16.6. The van der Waals surface area contributed by atoms with Crippen LogP contribution in [-0.2, 0) is 0 Å². The fourth-order valence-electron chi connectivity index (χ4n) is 4.70. The second-order valence-electron chi connectivity index (χ2n) is 9.27. The molecule has 0 saturated heterocycles. The molecular formula is C29H23N7. The molecule has 3 N–H and O–H groups in total. The Bertz CT molecular complexity index is 1740. The smallest absolute Gasteiger partial charge is 0.116 e. The van der Waals surface area contributed by atoms with Crippen LogP contribution in [0, 0.1) is 5.92 Å². The fraction of sp³-hybridized carbons (Fsp3) is 0.103.